The lowest BCUT2D eigenvalue weighted by Gasteiger charge is -1.93. The Morgan fingerprint density at radius 2 is 1.40 bits per heavy atom. The maximum Gasteiger partial charge on any atom is 0.305 e. The fraction of sp³-hybridized carbons (Fsp3) is 0.667. The standard InChI is InChI=1S/C5H10O2.C4H6O4/c1-3-5(6)7-4-2;5-3(6)1-2-4(7)8/h3-4H2,1-2H3;1-2H2,(H,5,6)(H,7,8). The number of ether oxygens (including phenoxy) is 1. The highest BCUT2D eigenvalue weighted by Crippen LogP contribution is 1.86. The zero-order valence-corrected chi connectivity index (χ0v) is 8.86. The minimum absolute atomic E-state index is 0.123. The molecule has 0 amide bonds. The van der Waals surface area contributed by atoms with Crippen molar-refractivity contribution in [1.29, 1.82) is 0 Å². The predicted octanol–water partition coefficient (Wildman–Crippen LogP) is 0.895. The van der Waals surface area contributed by atoms with Gasteiger partial charge in [-0.1, -0.05) is 6.92 Å². The second kappa shape index (κ2) is 10.5. The van der Waals surface area contributed by atoms with E-state index in [0.29, 0.717) is 13.0 Å². The summed E-state index contributed by atoms with van der Waals surface area (Å²) in [5, 5.41) is 15.8. The smallest absolute Gasteiger partial charge is 0.305 e. The summed E-state index contributed by atoms with van der Waals surface area (Å²) in [5.74, 6) is -2.28. The largest absolute Gasteiger partial charge is 0.481 e. The lowest BCUT2D eigenvalue weighted by atomic mass is 10.3. The van der Waals surface area contributed by atoms with Crippen LogP contribution in [-0.2, 0) is 19.1 Å². The van der Waals surface area contributed by atoms with E-state index in [9.17, 15) is 14.4 Å². The van der Waals surface area contributed by atoms with E-state index in [1.165, 1.54) is 0 Å². The number of rotatable bonds is 5. The Morgan fingerprint density at radius 3 is 1.53 bits per heavy atom. The van der Waals surface area contributed by atoms with Gasteiger partial charge in [-0.25, -0.2) is 0 Å². The van der Waals surface area contributed by atoms with Crippen LogP contribution in [0, 0.1) is 0 Å². The average Bonchev–Trinajstić information content (AvgIpc) is 2.16. The van der Waals surface area contributed by atoms with Gasteiger partial charge in [0.25, 0.3) is 0 Å². The molecule has 0 aromatic rings. The predicted molar refractivity (Wildman–Crippen MR) is 51.4 cm³/mol. The molecule has 0 fully saturated rings. The number of hydrogen-bond donors (Lipinski definition) is 2. The molecule has 0 aliphatic heterocycles. The van der Waals surface area contributed by atoms with Crippen LogP contribution in [0.2, 0.25) is 0 Å². The molecular weight excluding hydrogens is 204 g/mol. The topological polar surface area (TPSA) is 101 Å². The van der Waals surface area contributed by atoms with Crippen molar-refractivity contribution in [2.75, 3.05) is 6.61 Å². The Labute approximate surface area is 87.9 Å². The summed E-state index contributed by atoms with van der Waals surface area (Å²) in [6, 6.07) is 0. The SMILES string of the molecule is CCOC(=O)CC.O=C(O)CCC(=O)O. The van der Waals surface area contributed by atoms with Crippen molar-refractivity contribution in [3.05, 3.63) is 0 Å². The summed E-state index contributed by atoms with van der Waals surface area (Å²) in [4.78, 5) is 29.5. The molecular formula is C9H16O6. The van der Waals surface area contributed by atoms with E-state index in [2.05, 4.69) is 4.74 Å². The van der Waals surface area contributed by atoms with Crippen LogP contribution in [0.25, 0.3) is 0 Å². The van der Waals surface area contributed by atoms with Crippen molar-refractivity contribution < 1.29 is 29.3 Å². The van der Waals surface area contributed by atoms with Crippen LogP contribution in [0.4, 0.5) is 0 Å². The van der Waals surface area contributed by atoms with Crippen LogP contribution in [0.15, 0.2) is 0 Å². The molecule has 2 N–H and O–H groups in total. The summed E-state index contributed by atoms with van der Waals surface area (Å²) >= 11 is 0. The molecule has 0 spiro atoms. The van der Waals surface area contributed by atoms with Gasteiger partial charge in [0.15, 0.2) is 0 Å². The van der Waals surface area contributed by atoms with E-state index in [0.717, 1.165) is 0 Å². The van der Waals surface area contributed by atoms with E-state index in [4.69, 9.17) is 10.2 Å². The minimum atomic E-state index is -1.08. The molecule has 6 nitrogen and oxygen atoms in total. The lowest BCUT2D eigenvalue weighted by molar-refractivity contribution is -0.143. The zero-order valence-electron chi connectivity index (χ0n) is 8.86. The van der Waals surface area contributed by atoms with Gasteiger partial charge in [0.05, 0.1) is 19.4 Å². The lowest BCUT2D eigenvalue weighted by Crippen LogP contribution is -2.00. The number of carboxylic acid groups (broad SMARTS) is 2. The molecule has 0 aromatic carbocycles. The maximum absolute atomic E-state index is 10.2. The Balaban J connectivity index is 0. The molecule has 6 heteroatoms. The van der Waals surface area contributed by atoms with Gasteiger partial charge in [-0.3, -0.25) is 14.4 Å². The van der Waals surface area contributed by atoms with Crippen molar-refractivity contribution in [2.24, 2.45) is 0 Å². The second-order valence-electron chi connectivity index (χ2n) is 2.45. The Kier molecular flexibility index (Phi) is 11.1. The Morgan fingerprint density at radius 1 is 1.00 bits per heavy atom. The zero-order chi connectivity index (χ0) is 12.3. The van der Waals surface area contributed by atoms with Gasteiger partial charge < -0.3 is 14.9 Å². The van der Waals surface area contributed by atoms with Crippen molar-refractivity contribution in [2.45, 2.75) is 33.1 Å². The number of carboxylic acids is 2. The van der Waals surface area contributed by atoms with Gasteiger partial charge in [0.2, 0.25) is 0 Å². The molecule has 0 aliphatic rings. The molecule has 0 aromatic heterocycles. The monoisotopic (exact) mass is 220 g/mol. The van der Waals surface area contributed by atoms with Crippen molar-refractivity contribution in [3.8, 4) is 0 Å². The third-order valence-electron chi connectivity index (χ3n) is 1.15. The van der Waals surface area contributed by atoms with Crippen molar-refractivity contribution in [3.63, 3.8) is 0 Å². The highest BCUT2D eigenvalue weighted by atomic mass is 16.5. The Hall–Kier alpha value is -1.59. The van der Waals surface area contributed by atoms with Gasteiger partial charge in [-0.15, -0.1) is 0 Å². The first-order valence-corrected chi connectivity index (χ1v) is 4.53. The molecule has 88 valence electrons. The number of aliphatic carboxylic acids is 2. The minimum Gasteiger partial charge on any atom is -0.481 e. The molecule has 0 bridgehead atoms. The third kappa shape index (κ3) is 19.0. The second-order valence-corrected chi connectivity index (χ2v) is 2.45. The van der Waals surface area contributed by atoms with E-state index >= 15 is 0 Å². The van der Waals surface area contributed by atoms with Gasteiger partial charge in [-0.05, 0) is 6.92 Å². The van der Waals surface area contributed by atoms with Crippen molar-refractivity contribution in [1.82, 2.24) is 0 Å². The quantitative estimate of drug-likeness (QED) is 0.667. The molecule has 0 saturated carbocycles. The van der Waals surface area contributed by atoms with Gasteiger partial charge >= 0.3 is 17.9 Å². The van der Waals surface area contributed by atoms with Crippen LogP contribution < -0.4 is 0 Å². The van der Waals surface area contributed by atoms with E-state index in [1.54, 1.807) is 13.8 Å². The maximum atomic E-state index is 10.2. The fourth-order valence-electron chi connectivity index (χ4n) is 0.477. The van der Waals surface area contributed by atoms with Crippen LogP contribution in [0.5, 0.6) is 0 Å². The van der Waals surface area contributed by atoms with E-state index in [1.807, 2.05) is 0 Å². The first kappa shape index (κ1) is 15.9. The average molecular weight is 220 g/mol. The fourth-order valence-corrected chi connectivity index (χ4v) is 0.477. The summed E-state index contributed by atoms with van der Waals surface area (Å²) in [6.45, 7) is 4.07. The van der Waals surface area contributed by atoms with E-state index < -0.39 is 11.9 Å². The number of hydrogen-bond acceptors (Lipinski definition) is 4. The summed E-state index contributed by atoms with van der Waals surface area (Å²) in [5.41, 5.74) is 0. The summed E-state index contributed by atoms with van der Waals surface area (Å²) < 4.78 is 4.55. The Bertz CT molecular complexity index is 197. The molecule has 0 rings (SSSR count). The van der Waals surface area contributed by atoms with Gasteiger partial charge in [0, 0.05) is 6.42 Å². The van der Waals surface area contributed by atoms with Gasteiger partial charge in [0.1, 0.15) is 0 Å². The van der Waals surface area contributed by atoms with Crippen LogP contribution in [0.3, 0.4) is 0 Å². The van der Waals surface area contributed by atoms with Crippen molar-refractivity contribution >= 4 is 17.9 Å². The highest BCUT2D eigenvalue weighted by Gasteiger charge is 2.00. The van der Waals surface area contributed by atoms with Crippen LogP contribution >= 0.6 is 0 Å². The number of carbonyl (C=O) groups is 3. The van der Waals surface area contributed by atoms with Crippen LogP contribution in [0.1, 0.15) is 33.1 Å². The van der Waals surface area contributed by atoms with E-state index in [-0.39, 0.29) is 18.8 Å². The molecule has 15 heavy (non-hydrogen) atoms. The molecule has 0 heterocycles. The molecule has 0 radical (unpaired) electrons. The number of esters is 1. The highest BCUT2D eigenvalue weighted by molar-refractivity contribution is 5.75. The summed E-state index contributed by atoms with van der Waals surface area (Å²) in [6.07, 6.45) is -0.113. The van der Waals surface area contributed by atoms with Gasteiger partial charge in [-0.2, -0.15) is 0 Å². The molecule has 0 aliphatic carbocycles. The normalized spacial score (nSPS) is 8.40. The third-order valence-corrected chi connectivity index (χ3v) is 1.15. The molecule has 0 saturated heterocycles. The number of carbonyl (C=O) groups excluding carboxylic acids is 1. The summed E-state index contributed by atoms with van der Waals surface area (Å²) in [7, 11) is 0. The van der Waals surface area contributed by atoms with Crippen LogP contribution in [-0.4, -0.2) is 34.7 Å². The first-order chi connectivity index (χ1) is 6.93. The molecule has 0 unspecified atom stereocenters. The molecule has 0 atom stereocenters. The first-order valence-electron chi connectivity index (χ1n) is 4.53.